The van der Waals surface area contributed by atoms with Gasteiger partial charge in [0.1, 0.15) is 0 Å². The minimum absolute atomic E-state index is 0. The van der Waals surface area contributed by atoms with E-state index in [0.717, 1.165) is 19.5 Å². The molecule has 0 aromatic heterocycles. The maximum Gasteiger partial charge on any atom is 0.241 e. The molecular formula is C14H21Cl2N3O3S. The number of nitrogens with zero attached hydrogens (tertiary/aromatic N) is 1. The van der Waals surface area contributed by atoms with E-state index in [1.165, 1.54) is 24.3 Å². The molecule has 0 saturated carbocycles. The summed E-state index contributed by atoms with van der Waals surface area (Å²) >= 11 is 5.75. The Morgan fingerprint density at radius 1 is 1.26 bits per heavy atom. The van der Waals surface area contributed by atoms with Gasteiger partial charge in [0, 0.05) is 24.7 Å². The Kier molecular flexibility index (Phi) is 7.76. The first-order valence-electron chi connectivity index (χ1n) is 7.17. The van der Waals surface area contributed by atoms with Crippen LogP contribution in [0.4, 0.5) is 0 Å². The average Bonchev–Trinajstić information content (AvgIpc) is 2.75. The van der Waals surface area contributed by atoms with Crippen LogP contribution in [0.15, 0.2) is 29.2 Å². The zero-order valence-corrected chi connectivity index (χ0v) is 15.2. The number of amides is 1. The lowest BCUT2D eigenvalue weighted by molar-refractivity contribution is -0.132. The molecule has 1 aliphatic heterocycles. The van der Waals surface area contributed by atoms with Crippen molar-refractivity contribution < 1.29 is 13.2 Å². The standard InChI is InChI=1S/C14H20ClN3O3S.ClH/c1-11(14(19)18-9-2-7-16-8-10-18)17-22(20,21)13-5-3-12(15)4-6-13;/h3-6,11,16-17H,2,7-10H2,1H3;1H. The monoisotopic (exact) mass is 381 g/mol. The summed E-state index contributed by atoms with van der Waals surface area (Å²) in [5.41, 5.74) is 0. The minimum Gasteiger partial charge on any atom is -0.340 e. The molecule has 0 aliphatic carbocycles. The molecule has 1 aliphatic rings. The van der Waals surface area contributed by atoms with Crippen LogP contribution >= 0.6 is 24.0 Å². The normalized spacial score (nSPS) is 17.0. The van der Waals surface area contributed by atoms with Gasteiger partial charge in [-0.05, 0) is 44.2 Å². The molecule has 1 heterocycles. The number of hydrogen-bond acceptors (Lipinski definition) is 4. The summed E-state index contributed by atoms with van der Waals surface area (Å²) in [5.74, 6) is -0.207. The molecule has 1 aromatic rings. The third-order valence-electron chi connectivity index (χ3n) is 3.48. The molecule has 1 aromatic carbocycles. The second-order valence-corrected chi connectivity index (χ2v) is 7.38. The summed E-state index contributed by atoms with van der Waals surface area (Å²) in [7, 11) is -3.74. The zero-order chi connectivity index (χ0) is 16.2. The van der Waals surface area contributed by atoms with Gasteiger partial charge in [-0.1, -0.05) is 11.6 Å². The number of hydrogen-bond donors (Lipinski definition) is 2. The van der Waals surface area contributed by atoms with Crippen LogP contribution in [0.25, 0.3) is 0 Å². The maximum absolute atomic E-state index is 12.4. The molecule has 0 bridgehead atoms. The largest absolute Gasteiger partial charge is 0.340 e. The number of carbonyl (C=O) groups is 1. The Bertz CT molecular complexity index is 615. The quantitative estimate of drug-likeness (QED) is 0.822. The molecular weight excluding hydrogens is 361 g/mol. The maximum atomic E-state index is 12.4. The molecule has 1 unspecified atom stereocenters. The predicted molar refractivity (Wildman–Crippen MR) is 92.6 cm³/mol. The topological polar surface area (TPSA) is 78.5 Å². The van der Waals surface area contributed by atoms with Gasteiger partial charge >= 0.3 is 0 Å². The Hall–Kier alpha value is -0.860. The highest BCUT2D eigenvalue weighted by atomic mass is 35.5. The molecule has 6 nitrogen and oxygen atoms in total. The van der Waals surface area contributed by atoms with Gasteiger partial charge < -0.3 is 10.2 Å². The third kappa shape index (κ3) is 5.61. The van der Waals surface area contributed by atoms with Crippen molar-refractivity contribution >= 4 is 39.9 Å². The fourth-order valence-corrected chi connectivity index (χ4v) is 3.63. The highest BCUT2D eigenvalue weighted by Crippen LogP contribution is 2.14. The van der Waals surface area contributed by atoms with Gasteiger partial charge in [0.05, 0.1) is 10.9 Å². The number of halogens is 2. The SMILES string of the molecule is CC(NS(=O)(=O)c1ccc(Cl)cc1)C(=O)N1CCCNCC1.Cl. The van der Waals surface area contributed by atoms with E-state index in [0.29, 0.717) is 18.1 Å². The van der Waals surface area contributed by atoms with E-state index in [4.69, 9.17) is 11.6 Å². The summed E-state index contributed by atoms with van der Waals surface area (Å²) in [4.78, 5) is 14.1. The van der Waals surface area contributed by atoms with E-state index in [9.17, 15) is 13.2 Å². The highest BCUT2D eigenvalue weighted by molar-refractivity contribution is 7.89. The predicted octanol–water partition coefficient (Wildman–Crippen LogP) is 1.25. The summed E-state index contributed by atoms with van der Waals surface area (Å²) in [6, 6.07) is 5.03. The Labute approximate surface area is 148 Å². The van der Waals surface area contributed by atoms with Gasteiger partial charge in [0.2, 0.25) is 15.9 Å². The van der Waals surface area contributed by atoms with Crippen molar-refractivity contribution in [1.82, 2.24) is 14.9 Å². The van der Waals surface area contributed by atoms with E-state index in [-0.39, 0.29) is 23.2 Å². The lowest BCUT2D eigenvalue weighted by Gasteiger charge is -2.24. The number of benzene rings is 1. The van der Waals surface area contributed by atoms with Gasteiger partial charge in [0.15, 0.2) is 0 Å². The van der Waals surface area contributed by atoms with Crippen molar-refractivity contribution in [1.29, 1.82) is 0 Å². The first-order chi connectivity index (χ1) is 10.4. The lowest BCUT2D eigenvalue weighted by atomic mass is 10.3. The molecule has 130 valence electrons. The number of sulfonamides is 1. The summed E-state index contributed by atoms with van der Waals surface area (Å²) < 4.78 is 27.0. The molecule has 1 atom stereocenters. The number of rotatable bonds is 4. The first-order valence-corrected chi connectivity index (χ1v) is 9.04. The van der Waals surface area contributed by atoms with Crippen LogP contribution in [0.5, 0.6) is 0 Å². The van der Waals surface area contributed by atoms with Crippen molar-refractivity contribution in [3.05, 3.63) is 29.3 Å². The van der Waals surface area contributed by atoms with Crippen molar-refractivity contribution in [2.24, 2.45) is 0 Å². The van der Waals surface area contributed by atoms with Gasteiger partial charge in [-0.25, -0.2) is 8.42 Å². The molecule has 23 heavy (non-hydrogen) atoms. The van der Waals surface area contributed by atoms with Crippen molar-refractivity contribution in [2.75, 3.05) is 26.2 Å². The van der Waals surface area contributed by atoms with Crippen LogP contribution in [0, 0.1) is 0 Å². The van der Waals surface area contributed by atoms with Gasteiger partial charge in [-0.15, -0.1) is 12.4 Å². The van der Waals surface area contributed by atoms with E-state index < -0.39 is 16.1 Å². The minimum atomic E-state index is -3.74. The summed E-state index contributed by atoms with van der Waals surface area (Å²) in [6.45, 7) is 4.38. The van der Waals surface area contributed by atoms with E-state index in [2.05, 4.69) is 10.0 Å². The summed E-state index contributed by atoms with van der Waals surface area (Å²) in [5, 5.41) is 3.66. The van der Waals surface area contributed by atoms with Crippen molar-refractivity contribution in [2.45, 2.75) is 24.3 Å². The van der Waals surface area contributed by atoms with Crippen molar-refractivity contribution in [3.63, 3.8) is 0 Å². The van der Waals surface area contributed by atoms with Crippen LogP contribution in [0.1, 0.15) is 13.3 Å². The first kappa shape index (κ1) is 20.2. The fraction of sp³-hybridized carbons (Fsp3) is 0.500. The smallest absolute Gasteiger partial charge is 0.241 e. The molecule has 1 saturated heterocycles. The fourth-order valence-electron chi connectivity index (χ4n) is 2.30. The third-order valence-corrected chi connectivity index (χ3v) is 5.29. The highest BCUT2D eigenvalue weighted by Gasteiger charge is 2.26. The average molecular weight is 382 g/mol. The lowest BCUT2D eigenvalue weighted by Crippen LogP contribution is -2.47. The Balaban J connectivity index is 0.00000264. The Morgan fingerprint density at radius 3 is 2.57 bits per heavy atom. The van der Waals surface area contributed by atoms with Crippen LogP contribution < -0.4 is 10.0 Å². The Morgan fingerprint density at radius 2 is 1.91 bits per heavy atom. The van der Waals surface area contributed by atoms with Gasteiger partial charge in [-0.2, -0.15) is 4.72 Å². The van der Waals surface area contributed by atoms with Crippen molar-refractivity contribution in [3.8, 4) is 0 Å². The molecule has 0 radical (unpaired) electrons. The number of carbonyl (C=O) groups excluding carboxylic acids is 1. The molecule has 1 amide bonds. The van der Waals surface area contributed by atoms with E-state index >= 15 is 0 Å². The molecule has 0 spiro atoms. The van der Waals surface area contributed by atoms with E-state index in [1.807, 2.05) is 0 Å². The van der Waals surface area contributed by atoms with Gasteiger partial charge in [0.25, 0.3) is 0 Å². The number of nitrogens with one attached hydrogen (secondary N) is 2. The van der Waals surface area contributed by atoms with Crippen LogP contribution in [-0.4, -0.2) is 51.4 Å². The molecule has 2 N–H and O–H groups in total. The van der Waals surface area contributed by atoms with E-state index in [1.54, 1.807) is 11.8 Å². The second-order valence-electron chi connectivity index (χ2n) is 5.23. The van der Waals surface area contributed by atoms with Crippen LogP contribution in [0.3, 0.4) is 0 Å². The molecule has 2 rings (SSSR count). The van der Waals surface area contributed by atoms with Crippen LogP contribution in [-0.2, 0) is 14.8 Å². The zero-order valence-electron chi connectivity index (χ0n) is 12.8. The van der Waals surface area contributed by atoms with Gasteiger partial charge in [-0.3, -0.25) is 4.79 Å². The second kappa shape index (κ2) is 8.84. The molecule has 1 fully saturated rings. The van der Waals surface area contributed by atoms with Crippen LogP contribution in [0.2, 0.25) is 5.02 Å². The summed E-state index contributed by atoms with van der Waals surface area (Å²) in [6.07, 6.45) is 0.863. The molecule has 9 heteroatoms.